The Balaban J connectivity index is 2.39. The fourth-order valence-corrected chi connectivity index (χ4v) is 4.18. The topological polar surface area (TPSA) is 93.1 Å². The van der Waals surface area contributed by atoms with Crippen LogP contribution in [0.15, 0.2) is 17.0 Å². The van der Waals surface area contributed by atoms with Crippen molar-refractivity contribution in [3.05, 3.63) is 45.8 Å². The Morgan fingerprint density at radius 2 is 1.81 bits per heavy atom. The lowest BCUT2D eigenvalue weighted by Gasteiger charge is -2.17. The minimum absolute atomic E-state index is 0.117. The normalized spacial score (nSPS) is 12.9. The van der Waals surface area contributed by atoms with Crippen LogP contribution in [0.2, 0.25) is 0 Å². The van der Waals surface area contributed by atoms with Crippen molar-refractivity contribution in [2.75, 3.05) is 7.05 Å². The molecule has 0 aliphatic rings. The zero-order valence-electron chi connectivity index (χ0n) is 16.3. The van der Waals surface area contributed by atoms with Crippen LogP contribution >= 0.6 is 0 Å². The number of carbonyl (C=O) groups excluding carboxylic acids is 1. The van der Waals surface area contributed by atoms with Crippen LogP contribution in [0.1, 0.15) is 51.4 Å². The second-order valence-corrected chi connectivity index (χ2v) is 8.38. The summed E-state index contributed by atoms with van der Waals surface area (Å²) < 4.78 is 28.5. The highest BCUT2D eigenvalue weighted by atomic mass is 32.2. The standard InChI is InChI=1S/C18H26N4O3S/c1-10-8-15(9-16(11(10)2)26(24,25)19-6)18(23)20-12(3)17-13(4)21-22(7)14(17)5/h8-9,12,19H,1-7H3,(H,20,23)/t12-/m0/s1. The van der Waals surface area contributed by atoms with Crippen LogP contribution in [0, 0.1) is 27.7 Å². The van der Waals surface area contributed by atoms with E-state index in [-0.39, 0.29) is 16.8 Å². The molecule has 1 aromatic heterocycles. The van der Waals surface area contributed by atoms with Gasteiger partial charge in [0.1, 0.15) is 0 Å². The summed E-state index contributed by atoms with van der Waals surface area (Å²) in [4.78, 5) is 12.9. The summed E-state index contributed by atoms with van der Waals surface area (Å²) in [5, 5.41) is 7.32. The minimum Gasteiger partial charge on any atom is -0.345 e. The molecule has 26 heavy (non-hydrogen) atoms. The molecular weight excluding hydrogens is 352 g/mol. The summed E-state index contributed by atoms with van der Waals surface area (Å²) in [7, 11) is -0.428. The maximum Gasteiger partial charge on any atom is 0.251 e. The Hall–Kier alpha value is -2.19. The second kappa shape index (κ2) is 7.20. The van der Waals surface area contributed by atoms with Gasteiger partial charge in [-0.1, -0.05) is 0 Å². The number of hydrogen-bond acceptors (Lipinski definition) is 4. The number of sulfonamides is 1. The largest absolute Gasteiger partial charge is 0.345 e. The first-order valence-corrected chi connectivity index (χ1v) is 9.83. The van der Waals surface area contributed by atoms with E-state index in [0.29, 0.717) is 11.1 Å². The first kappa shape index (κ1) is 20.1. The molecule has 2 rings (SSSR count). The molecule has 142 valence electrons. The van der Waals surface area contributed by atoms with Gasteiger partial charge in [0.25, 0.3) is 5.91 Å². The monoisotopic (exact) mass is 378 g/mol. The summed E-state index contributed by atoms with van der Waals surface area (Å²) in [6.07, 6.45) is 0. The Kier molecular flexibility index (Phi) is 5.58. The van der Waals surface area contributed by atoms with E-state index in [4.69, 9.17) is 0 Å². The van der Waals surface area contributed by atoms with E-state index in [1.165, 1.54) is 13.1 Å². The third kappa shape index (κ3) is 3.66. The molecule has 1 aromatic carbocycles. The van der Waals surface area contributed by atoms with Crippen LogP contribution in [0.25, 0.3) is 0 Å². The van der Waals surface area contributed by atoms with Crippen molar-refractivity contribution in [3.8, 4) is 0 Å². The van der Waals surface area contributed by atoms with Crippen LogP contribution < -0.4 is 10.0 Å². The van der Waals surface area contributed by atoms with E-state index in [1.807, 2.05) is 27.8 Å². The smallest absolute Gasteiger partial charge is 0.251 e. The maximum atomic E-state index is 12.7. The lowest BCUT2D eigenvalue weighted by molar-refractivity contribution is 0.0939. The van der Waals surface area contributed by atoms with Crippen LogP contribution in [0.3, 0.4) is 0 Å². The highest BCUT2D eigenvalue weighted by Gasteiger charge is 2.22. The summed E-state index contributed by atoms with van der Waals surface area (Å²) in [6, 6.07) is 2.87. The number of benzene rings is 1. The van der Waals surface area contributed by atoms with Crippen LogP contribution in [-0.4, -0.2) is 31.2 Å². The van der Waals surface area contributed by atoms with Gasteiger partial charge >= 0.3 is 0 Å². The fraction of sp³-hybridized carbons (Fsp3) is 0.444. The van der Waals surface area contributed by atoms with Crippen LogP contribution in [0.5, 0.6) is 0 Å². The van der Waals surface area contributed by atoms with Gasteiger partial charge in [0.05, 0.1) is 16.6 Å². The van der Waals surface area contributed by atoms with Gasteiger partial charge in [-0.05, 0) is 64.9 Å². The first-order valence-electron chi connectivity index (χ1n) is 8.35. The molecule has 0 radical (unpaired) electrons. The van der Waals surface area contributed by atoms with E-state index >= 15 is 0 Å². The van der Waals surface area contributed by atoms with Crippen LogP contribution in [-0.2, 0) is 17.1 Å². The van der Waals surface area contributed by atoms with Gasteiger partial charge < -0.3 is 5.32 Å². The molecule has 1 heterocycles. The Morgan fingerprint density at radius 3 is 2.31 bits per heavy atom. The predicted molar refractivity (Wildman–Crippen MR) is 101 cm³/mol. The van der Waals surface area contributed by atoms with Gasteiger partial charge in [-0.15, -0.1) is 0 Å². The van der Waals surface area contributed by atoms with Gasteiger partial charge in [-0.2, -0.15) is 5.10 Å². The average molecular weight is 378 g/mol. The molecule has 0 bridgehead atoms. The Bertz CT molecular complexity index is 961. The molecule has 1 atom stereocenters. The molecule has 0 unspecified atom stereocenters. The van der Waals surface area contributed by atoms with Crippen molar-refractivity contribution in [1.82, 2.24) is 19.8 Å². The van der Waals surface area contributed by atoms with Crippen molar-refractivity contribution >= 4 is 15.9 Å². The highest BCUT2D eigenvalue weighted by molar-refractivity contribution is 7.89. The highest BCUT2D eigenvalue weighted by Crippen LogP contribution is 2.23. The number of rotatable bonds is 5. The second-order valence-electron chi connectivity index (χ2n) is 6.53. The number of aromatic nitrogens is 2. The molecule has 2 aromatic rings. The molecular formula is C18H26N4O3S. The Morgan fingerprint density at radius 1 is 1.19 bits per heavy atom. The minimum atomic E-state index is -3.64. The van der Waals surface area contributed by atoms with E-state index in [2.05, 4.69) is 15.1 Å². The maximum absolute atomic E-state index is 12.7. The number of amides is 1. The third-order valence-corrected chi connectivity index (χ3v) is 6.33. The lowest BCUT2D eigenvalue weighted by atomic mass is 10.0. The summed E-state index contributed by atoms with van der Waals surface area (Å²) in [6.45, 7) is 9.26. The molecule has 0 saturated heterocycles. The predicted octanol–water partition coefficient (Wildman–Crippen LogP) is 2.05. The van der Waals surface area contributed by atoms with Gasteiger partial charge in [-0.3, -0.25) is 9.48 Å². The number of nitrogens with one attached hydrogen (secondary N) is 2. The molecule has 8 heteroatoms. The van der Waals surface area contributed by atoms with Crippen molar-refractivity contribution in [2.24, 2.45) is 7.05 Å². The molecule has 0 aliphatic carbocycles. The van der Waals surface area contributed by atoms with E-state index in [1.54, 1.807) is 24.6 Å². The number of aryl methyl sites for hydroxylation is 3. The third-order valence-electron chi connectivity index (χ3n) is 4.79. The lowest BCUT2D eigenvalue weighted by Crippen LogP contribution is -2.28. The van der Waals surface area contributed by atoms with Crippen molar-refractivity contribution in [2.45, 2.75) is 45.6 Å². The van der Waals surface area contributed by atoms with E-state index in [9.17, 15) is 13.2 Å². The molecule has 0 spiro atoms. The van der Waals surface area contributed by atoms with Gasteiger partial charge in [-0.25, -0.2) is 13.1 Å². The zero-order valence-corrected chi connectivity index (χ0v) is 17.1. The molecule has 2 N–H and O–H groups in total. The number of nitrogens with zero attached hydrogens (tertiary/aromatic N) is 2. The SMILES string of the molecule is CNS(=O)(=O)c1cc(C(=O)N[C@@H](C)c2c(C)nn(C)c2C)cc(C)c1C. The van der Waals surface area contributed by atoms with E-state index < -0.39 is 10.0 Å². The van der Waals surface area contributed by atoms with Crippen molar-refractivity contribution in [3.63, 3.8) is 0 Å². The van der Waals surface area contributed by atoms with E-state index in [0.717, 1.165) is 22.5 Å². The number of carbonyl (C=O) groups is 1. The zero-order chi connectivity index (χ0) is 19.8. The number of hydrogen-bond donors (Lipinski definition) is 2. The quantitative estimate of drug-likeness (QED) is 0.833. The van der Waals surface area contributed by atoms with Crippen molar-refractivity contribution < 1.29 is 13.2 Å². The molecule has 0 fully saturated rings. The molecule has 0 aliphatic heterocycles. The fourth-order valence-electron chi connectivity index (χ4n) is 3.12. The summed E-state index contributed by atoms with van der Waals surface area (Å²) >= 11 is 0. The summed E-state index contributed by atoms with van der Waals surface area (Å²) in [5.74, 6) is -0.323. The summed E-state index contributed by atoms with van der Waals surface area (Å²) in [5.41, 5.74) is 4.49. The van der Waals surface area contributed by atoms with Crippen molar-refractivity contribution in [1.29, 1.82) is 0 Å². The molecule has 1 amide bonds. The van der Waals surface area contributed by atoms with Crippen LogP contribution in [0.4, 0.5) is 0 Å². The Labute approximate surface area is 154 Å². The average Bonchev–Trinajstić information content (AvgIpc) is 2.81. The van der Waals surface area contributed by atoms with Gasteiger partial charge in [0.15, 0.2) is 0 Å². The first-order chi connectivity index (χ1) is 12.0. The van der Waals surface area contributed by atoms with Gasteiger partial charge in [0.2, 0.25) is 10.0 Å². The molecule has 7 nitrogen and oxygen atoms in total. The molecule has 0 saturated carbocycles. The van der Waals surface area contributed by atoms with Gasteiger partial charge in [0, 0.05) is 23.9 Å².